The van der Waals surface area contributed by atoms with Crippen molar-refractivity contribution >= 4 is 16.0 Å². The summed E-state index contributed by atoms with van der Waals surface area (Å²) in [4.78, 5) is 11.1. The number of hydrogen-bond acceptors (Lipinski definition) is 3. The van der Waals surface area contributed by atoms with E-state index in [9.17, 15) is 13.2 Å². The Kier molecular flexibility index (Phi) is 5.53. The number of rotatable bonds is 7. The second-order valence-corrected chi connectivity index (χ2v) is 7.37. The molecule has 1 aromatic rings. The standard InChI is InChI=1S/C15H23NO4S/c1-5-9-15(3,4)16-21(19,20)13-10-12(14(17)18)8-7-11(13)6-2/h7-8,10,16H,5-6,9H2,1-4H3,(H,17,18). The highest BCUT2D eigenvalue weighted by Gasteiger charge is 2.27. The molecule has 21 heavy (non-hydrogen) atoms. The van der Waals surface area contributed by atoms with Gasteiger partial charge in [0.25, 0.3) is 0 Å². The summed E-state index contributed by atoms with van der Waals surface area (Å²) >= 11 is 0. The second-order valence-electron chi connectivity index (χ2n) is 5.72. The predicted octanol–water partition coefficient (Wildman–Crippen LogP) is 2.80. The van der Waals surface area contributed by atoms with E-state index >= 15 is 0 Å². The van der Waals surface area contributed by atoms with Gasteiger partial charge in [-0.15, -0.1) is 0 Å². The quantitative estimate of drug-likeness (QED) is 0.811. The summed E-state index contributed by atoms with van der Waals surface area (Å²) in [6.45, 7) is 7.46. The largest absolute Gasteiger partial charge is 0.478 e. The molecule has 2 N–H and O–H groups in total. The first kappa shape index (κ1) is 17.7. The van der Waals surface area contributed by atoms with Gasteiger partial charge < -0.3 is 5.11 Å². The lowest BCUT2D eigenvalue weighted by molar-refractivity contribution is 0.0696. The van der Waals surface area contributed by atoms with Crippen LogP contribution in [0.3, 0.4) is 0 Å². The van der Waals surface area contributed by atoms with E-state index in [0.717, 1.165) is 6.42 Å². The molecule has 1 rings (SSSR count). The maximum atomic E-state index is 12.6. The average Bonchev–Trinajstić information content (AvgIpc) is 2.36. The highest BCUT2D eigenvalue weighted by atomic mass is 32.2. The molecule has 0 amide bonds. The summed E-state index contributed by atoms with van der Waals surface area (Å²) in [6.07, 6.45) is 2.07. The fourth-order valence-electron chi connectivity index (χ4n) is 2.32. The number of carboxylic acid groups (broad SMARTS) is 1. The molecule has 0 atom stereocenters. The van der Waals surface area contributed by atoms with Crippen molar-refractivity contribution in [1.82, 2.24) is 4.72 Å². The third-order valence-electron chi connectivity index (χ3n) is 3.27. The Morgan fingerprint density at radius 3 is 2.38 bits per heavy atom. The molecule has 1 aromatic carbocycles. The number of sulfonamides is 1. The van der Waals surface area contributed by atoms with E-state index in [1.165, 1.54) is 12.1 Å². The number of carboxylic acids is 1. The van der Waals surface area contributed by atoms with Crippen molar-refractivity contribution in [2.24, 2.45) is 0 Å². The molecule has 5 nitrogen and oxygen atoms in total. The third-order valence-corrected chi connectivity index (χ3v) is 5.05. The van der Waals surface area contributed by atoms with Crippen molar-refractivity contribution < 1.29 is 18.3 Å². The molecular formula is C15H23NO4S. The van der Waals surface area contributed by atoms with Crippen LogP contribution in [0.25, 0.3) is 0 Å². The number of carbonyl (C=O) groups is 1. The fraction of sp³-hybridized carbons (Fsp3) is 0.533. The molecule has 0 bridgehead atoms. The van der Waals surface area contributed by atoms with Crippen molar-refractivity contribution in [1.29, 1.82) is 0 Å². The lowest BCUT2D eigenvalue weighted by atomic mass is 10.0. The van der Waals surface area contributed by atoms with Crippen LogP contribution in [0, 0.1) is 0 Å². The summed E-state index contributed by atoms with van der Waals surface area (Å²) in [5.41, 5.74) is 0.0124. The van der Waals surface area contributed by atoms with E-state index in [1.807, 2.05) is 27.7 Å². The molecule has 0 aliphatic carbocycles. The van der Waals surface area contributed by atoms with Crippen LogP contribution < -0.4 is 4.72 Å². The number of aryl methyl sites for hydroxylation is 1. The van der Waals surface area contributed by atoms with Crippen LogP contribution in [-0.4, -0.2) is 25.0 Å². The normalized spacial score (nSPS) is 12.4. The number of hydrogen-bond donors (Lipinski definition) is 2. The molecular weight excluding hydrogens is 290 g/mol. The molecule has 0 aliphatic heterocycles. The molecule has 0 heterocycles. The predicted molar refractivity (Wildman–Crippen MR) is 82.1 cm³/mol. The maximum absolute atomic E-state index is 12.6. The van der Waals surface area contributed by atoms with E-state index in [0.29, 0.717) is 18.4 Å². The minimum absolute atomic E-state index is 0.0270. The summed E-state index contributed by atoms with van der Waals surface area (Å²) in [6, 6.07) is 4.22. The lowest BCUT2D eigenvalue weighted by Gasteiger charge is -2.26. The van der Waals surface area contributed by atoms with Gasteiger partial charge in [0.05, 0.1) is 10.5 Å². The van der Waals surface area contributed by atoms with Gasteiger partial charge in [0.1, 0.15) is 0 Å². The highest BCUT2D eigenvalue weighted by molar-refractivity contribution is 7.89. The molecule has 0 radical (unpaired) electrons. The smallest absolute Gasteiger partial charge is 0.335 e. The van der Waals surface area contributed by atoms with Gasteiger partial charge in [-0.2, -0.15) is 0 Å². The Bertz CT molecular complexity index is 621. The van der Waals surface area contributed by atoms with Gasteiger partial charge in [-0.05, 0) is 44.4 Å². The lowest BCUT2D eigenvalue weighted by Crippen LogP contribution is -2.43. The Morgan fingerprint density at radius 1 is 1.29 bits per heavy atom. The SMILES string of the molecule is CCCC(C)(C)NS(=O)(=O)c1cc(C(=O)O)ccc1CC. The minimum Gasteiger partial charge on any atom is -0.478 e. The Hall–Kier alpha value is -1.40. The molecule has 0 saturated heterocycles. The number of aromatic carboxylic acids is 1. The number of benzene rings is 1. The monoisotopic (exact) mass is 313 g/mol. The summed E-state index contributed by atoms with van der Waals surface area (Å²) in [7, 11) is -3.75. The van der Waals surface area contributed by atoms with Crippen molar-refractivity contribution in [3.05, 3.63) is 29.3 Å². The molecule has 0 unspecified atom stereocenters. The van der Waals surface area contributed by atoms with Crippen molar-refractivity contribution in [3.63, 3.8) is 0 Å². The van der Waals surface area contributed by atoms with Crippen molar-refractivity contribution in [2.45, 2.75) is 57.4 Å². The first-order valence-electron chi connectivity index (χ1n) is 7.03. The van der Waals surface area contributed by atoms with Crippen LogP contribution in [-0.2, 0) is 16.4 Å². The molecule has 0 aromatic heterocycles. The third kappa shape index (κ3) is 4.54. The molecule has 0 saturated carbocycles. The zero-order valence-electron chi connectivity index (χ0n) is 12.9. The van der Waals surface area contributed by atoms with Crippen LogP contribution in [0.1, 0.15) is 56.5 Å². The van der Waals surface area contributed by atoms with Gasteiger partial charge in [-0.25, -0.2) is 17.9 Å². The first-order valence-corrected chi connectivity index (χ1v) is 8.51. The Balaban J connectivity index is 3.29. The molecule has 0 aliphatic rings. The maximum Gasteiger partial charge on any atom is 0.335 e. The zero-order chi connectivity index (χ0) is 16.3. The highest BCUT2D eigenvalue weighted by Crippen LogP contribution is 2.22. The van der Waals surface area contributed by atoms with Gasteiger partial charge in [0.2, 0.25) is 10.0 Å². The van der Waals surface area contributed by atoms with Crippen LogP contribution in [0.4, 0.5) is 0 Å². The van der Waals surface area contributed by atoms with E-state index in [2.05, 4.69) is 4.72 Å². The molecule has 118 valence electrons. The fourth-order valence-corrected chi connectivity index (χ4v) is 4.10. The summed E-state index contributed by atoms with van der Waals surface area (Å²) in [5.74, 6) is -1.14. The van der Waals surface area contributed by atoms with Crippen molar-refractivity contribution in [2.75, 3.05) is 0 Å². The molecule has 0 spiro atoms. The minimum atomic E-state index is -3.75. The van der Waals surface area contributed by atoms with E-state index in [1.54, 1.807) is 6.07 Å². The summed E-state index contributed by atoms with van der Waals surface area (Å²) < 4.78 is 27.8. The van der Waals surface area contributed by atoms with Crippen LogP contribution in [0.15, 0.2) is 23.1 Å². The second kappa shape index (κ2) is 6.58. The summed E-state index contributed by atoms with van der Waals surface area (Å²) in [5, 5.41) is 9.04. The number of nitrogens with one attached hydrogen (secondary N) is 1. The van der Waals surface area contributed by atoms with Crippen molar-refractivity contribution in [3.8, 4) is 0 Å². The van der Waals surface area contributed by atoms with Crippen LogP contribution >= 0.6 is 0 Å². The molecule has 6 heteroatoms. The van der Waals surface area contributed by atoms with Gasteiger partial charge in [-0.1, -0.05) is 26.3 Å². The first-order chi connectivity index (χ1) is 9.63. The Labute approximate surface area is 126 Å². The topological polar surface area (TPSA) is 83.5 Å². The van der Waals surface area contributed by atoms with E-state index < -0.39 is 21.5 Å². The molecule has 0 fully saturated rings. The van der Waals surface area contributed by atoms with E-state index in [4.69, 9.17) is 5.11 Å². The van der Waals surface area contributed by atoms with Gasteiger partial charge >= 0.3 is 5.97 Å². The van der Waals surface area contributed by atoms with Crippen LogP contribution in [0.5, 0.6) is 0 Å². The Morgan fingerprint density at radius 2 is 1.90 bits per heavy atom. The van der Waals surface area contributed by atoms with Gasteiger partial charge in [-0.3, -0.25) is 0 Å². The van der Waals surface area contributed by atoms with Gasteiger partial charge in [0.15, 0.2) is 0 Å². The zero-order valence-corrected chi connectivity index (χ0v) is 13.8. The van der Waals surface area contributed by atoms with Gasteiger partial charge in [0, 0.05) is 5.54 Å². The van der Waals surface area contributed by atoms with Crippen LogP contribution in [0.2, 0.25) is 0 Å². The average molecular weight is 313 g/mol. The van der Waals surface area contributed by atoms with E-state index in [-0.39, 0.29) is 10.5 Å².